The number of rotatable bonds is 4. The molecule has 0 heterocycles. The first-order chi connectivity index (χ1) is 6.72. The minimum atomic E-state index is -2.25. The van der Waals surface area contributed by atoms with Crippen molar-refractivity contribution in [3.8, 4) is 6.07 Å². The zero-order valence-corrected chi connectivity index (χ0v) is 7.71. The van der Waals surface area contributed by atoms with Crippen LogP contribution in [0.3, 0.4) is 0 Å². The fourth-order valence-electron chi connectivity index (χ4n) is 1.26. The Hall–Kier alpha value is -1.43. The SMILES string of the molecule is N#CCc1cccc(CCC(F)F)c1. The van der Waals surface area contributed by atoms with Gasteiger partial charge < -0.3 is 0 Å². The maximum atomic E-state index is 11.9. The van der Waals surface area contributed by atoms with Crippen LogP contribution in [0.5, 0.6) is 0 Å². The smallest absolute Gasteiger partial charge is 0.211 e. The second kappa shape index (κ2) is 5.33. The summed E-state index contributed by atoms with van der Waals surface area (Å²) < 4.78 is 23.8. The van der Waals surface area contributed by atoms with E-state index in [4.69, 9.17) is 5.26 Å². The van der Waals surface area contributed by atoms with Gasteiger partial charge in [0.05, 0.1) is 12.5 Å². The molecule has 0 N–H and O–H groups in total. The lowest BCUT2D eigenvalue weighted by atomic mass is 10.1. The van der Waals surface area contributed by atoms with Crippen LogP contribution in [-0.2, 0) is 12.8 Å². The van der Waals surface area contributed by atoms with E-state index in [0.717, 1.165) is 11.1 Å². The molecule has 1 rings (SSSR count). The Labute approximate surface area is 82.0 Å². The van der Waals surface area contributed by atoms with E-state index in [1.54, 1.807) is 6.07 Å². The van der Waals surface area contributed by atoms with Crippen LogP contribution in [-0.4, -0.2) is 6.43 Å². The van der Waals surface area contributed by atoms with Gasteiger partial charge in [-0.25, -0.2) is 8.78 Å². The maximum Gasteiger partial charge on any atom is 0.239 e. The predicted molar refractivity (Wildman–Crippen MR) is 50.1 cm³/mol. The summed E-state index contributed by atoms with van der Waals surface area (Å²) in [4.78, 5) is 0. The average Bonchev–Trinajstić information content (AvgIpc) is 2.16. The lowest BCUT2D eigenvalue weighted by molar-refractivity contribution is 0.138. The summed E-state index contributed by atoms with van der Waals surface area (Å²) in [5.74, 6) is 0. The third-order valence-corrected chi connectivity index (χ3v) is 1.93. The normalized spacial score (nSPS) is 10.1. The molecule has 1 nitrogen and oxygen atoms in total. The van der Waals surface area contributed by atoms with Crippen LogP contribution in [0.2, 0.25) is 0 Å². The molecule has 0 fully saturated rings. The summed E-state index contributed by atoms with van der Waals surface area (Å²) in [5, 5.41) is 8.46. The van der Waals surface area contributed by atoms with Crippen LogP contribution >= 0.6 is 0 Å². The molecule has 0 saturated heterocycles. The molecule has 0 atom stereocenters. The molecule has 0 saturated carbocycles. The molecule has 3 heteroatoms. The van der Waals surface area contributed by atoms with Crippen molar-refractivity contribution < 1.29 is 8.78 Å². The van der Waals surface area contributed by atoms with Crippen LogP contribution in [0.1, 0.15) is 17.5 Å². The lowest BCUT2D eigenvalue weighted by Crippen LogP contribution is -1.95. The van der Waals surface area contributed by atoms with Gasteiger partial charge in [0, 0.05) is 6.42 Å². The highest BCUT2D eigenvalue weighted by Gasteiger charge is 2.03. The van der Waals surface area contributed by atoms with Crippen molar-refractivity contribution in [3.63, 3.8) is 0 Å². The molecule has 0 radical (unpaired) electrons. The van der Waals surface area contributed by atoms with E-state index in [2.05, 4.69) is 0 Å². The number of nitrogens with zero attached hydrogens (tertiary/aromatic N) is 1. The first kappa shape index (κ1) is 10.6. The highest BCUT2D eigenvalue weighted by Crippen LogP contribution is 2.10. The van der Waals surface area contributed by atoms with Crippen molar-refractivity contribution in [2.24, 2.45) is 0 Å². The third kappa shape index (κ3) is 3.53. The number of alkyl halides is 2. The summed E-state index contributed by atoms with van der Waals surface area (Å²) in [6.07, 6.45) is -1.66. The number of aryl methyl sites for hydroxylation is 1. The van der Waals surface area contributed by atoms with Crippen molar-refractivity contribution in [1.29, 1.82) is 5.26 Å². The predicted octanol–water partition coefficient (Wildman–Crippen LogP) is 2.95. The van der Waals surface area contributed by atoms with Gasteiger partial charge in [0.1, 0.15) is 0 Å². The minimum absolute atomic E-state index is 0.115. The van der Waals surface area contributed by atoms with Crippen molar-refractivity contribution in [3.05, 3.63) is 35.4 Å². The number of nitriles is 1. The number of hydrogen-bond donors (Lipinski definition) is 0. The zero-order chi connectivity index (χ0) is 10.4. The van der Waals surface area contributed by atoms with Crippen molar-refractivity contribution in [1.82, 2.24) is 0 Å². The molecular formula is C11H11F2N. The van der Waals surface area contributed by atoms with Crippen LogP contribution in [0.15, 0.2) is 24.3 Å². The Kier molecular flexibility index (Phi) is 4.06. The fourth-order valence-corrected chi connectivity index (χ4v) is 1.26. The topological polar surface area (TPSA) is 23.8 Å². The quantitative estimate of drug-likeness (QED) is 0.724. The molecule has 0 spiro atoms. The van der Waals surface area contributed by atoms with Gasteiger partial charge in [-0.05, 0) is 17.5 Å². The highest BCUT2D eigenvalue weighted by molar-refractivity contribution is 5.25. The Bertz CT molecular complexity index is 328. The van der Waals surface area contributed by atoms with E-state index in [-0.39, 0.29) is 6.42 Å². The summed E-state index contributed by atoms with van der Waals surface area (Å²) in [5.41, 5.74) is 1.76. The second-order valence-corrected chi connectivity index (χ2v) is 3.08. The Balaban J connectivity index is 2.60. The molecule has 1 aromatic carbocycles. The first-order valence-corrected chi connectivity index (χ1v) is 4.45. The number of hydrogen-bond acceptors (Lipinski definition) is 1. The van der Waals surface area contributed by atoms with E-state index in [0.29, 0.717) is 12.8 Å². The maximum absolute atomic E-state index is 11.9. The van der Waals surface area contributed by atoms with Gasteiger partial charge >= 0.3 is 0 Å². The molecule has 0 aliphatic rings. The Morgan fingerprint density at radius 2 is 2.00 bits per heavy atom. The van der Waals surface area contributed by atoms with Crippen molar-refractivity contribution in [2.75, 3.05) is 0 Å². The average molecular weight is 195 g/mol. The summed E-state index contributed by atoms with van der Waals surface area (Å²) in [7, 11) is 0. The summed E-state index contributed by atoms with van der Waals surface area (Å²) >= 11 is 0. The molecule has 0 aromatic heterocycles. The van der Waals surface area contributed by atoms with Crippen LogP contribution in [0.4, 0.5) is 8.78 Å². The summed E-state index contributed by atoms with van der Waals surface area (Å²) in [6, 6.07) is 9.28. The van der Waals surface area contributed by atoms with E-state index >= 15 is 0 Å². The van der Waals surface area contributed by atoms with E-state index < -0.39 is 6.43 Å². The molecular weight excluding hydrogens is 184 g/mol. The van der Waals surface area contributed by atoms with E-state index in [1.165, 1.54) is 0 Å². The van der Waals surface area contributed by atoms with Gasteiger partial charge in [0.2, 0.25) is 6.43 Å². The van der Waals surface area contributed by atoms with Crippen molar-refractivity contribution >= 4 is 0 Å². The van der Waals surface area contributed by atoms with E-state index in [9.17, 15) is 8.78 Å². The van der Waals surface area contributed by atoms with Crippen LogP contribution in [0, 0.1) is 11.3 Å². The Morgan fingerprint density at radius 3 is 2.64 bits per heavy atom. The fraction of sp³-hybridized carbons (Fsp3) is 0.364. The van der Waals surface area contributed by atoms with Gasteiger partial charge in [0.15, 0.2) is 0 Å². The van der Waals surface area contributed by atoms with Gasteiger partial charge in [-0.2, -0.15) is 5.26 Å². The first-order valence-electron chi connectivity index (χ1n) is 4.45. The Morgan fingerprint density at radius 1 is 1.29 bits per heavy atom. The standard InChI is InChI=1S/C11H11F2N/c12-11(13)5-4-9-2-1-3-10(8-9)6-7-14/h1-3,8,11H,4-6H2. The van der Waals surface area contributed by atoms with Crippen LogP contribution < -0.4 is 0 Å². The molecule has 0 aliphatic heterocycles. The number of halogens is 2. The zero-order valence-electron chi connectivity index (χ0n) is 7.71. The molecule has 14 heavy (non-hydrogen) atoms. The van der Waals surface area contributed by atoms with Gasteiger partial charge in [-0.1, -0.05) is 24.3 Å². The van der Waals surface area contributed by atoms with Gasteiger partial charge in [-0.3, -0.25) is 0 Å². The van der Waals surface area contributed by atoms with E-state index in [1.807, 2.05) is 24.3 Å². The van der Waals surface area contributed by atoms with Crippen molar-refractivity contribution in [2.45, 2.75) is 25.7 Å². The second-order valence-electron chi connectivity index (χ2n) is 3.08. The molecule has 0 bridgehead atoms. The molecule has 0 aliphatic carbocycles. The van der Waals surface area contributed by atoms with Gasteiger partial charge in [0.25, 0.3) is 0 Å². The summed E-state index contributed by atoms with van der Waals surface area (Å²) in [6.45, 7) is 0. The molecule has 0 unspecified atom stereocenters. The lowest BCUT2D eigenvalue weighted by Gasteiger charge is -2.02. The van der Waals surface area contributed by atoms with Crippen LogP contribution in [0.25, 0.3) is 0 Å². The van der Waals surface area contributed by atoms with Gasteiger partial charge in [-0.15, -0.1) is 0 Å². The monoisotopic (exact) mass is 195 g/mol. The highest BCUT2D eigenvalue weighted by atomic mass is 19.3. The largest absolute Gasteiger partial charge is 0.239 e. The third-order valence-electron chi connectivity index (χ3n) is 1.93. The molecule has 1 aromatic rings. The minimum Gasteiger partial charge on any atom is -0.211 e. The number of benzene rings is 1. The molecule has 74 valence electrons. The molecule has 0 amide bonds.